The van der Waals surface area contributed by atoms with Gasteiger partial charge in [-0.15, -0.1) is 0 Å². The Labute approximate surface area is 86.2 Å². The van der Waals surface area contributed by atoms with E-state index in [0.717, 1.165) is 26.1 Å². The quantitative estimate of drug-likeness (QED) is 0.726. The van der Waals surface area contributed by atoms with Crippen LogP contribution >= 0.6 is 0 Å². The first kappa shape index (κ1) is 11.7. The maximum atomic E-state index is 11.5. The molecule has 1 rings (SSSR count). The van der Waals surface area contributed by atoms with E-state index in [0.29, 0.717) is 24.5 Å². The summed E-state index contributed by atoms with van der Waals surface area (Å²) >= 11 is 0. The fraction of sp³-hybridized carbons (Fsp3) is 0.909. The monoisotopic (exact) mass is 199 g/mol. The Hall–Kier alpha value is -0.410. The van der Waals surface area contributed by atoms with Crippen LogP contribution in [0.15, 0.2) is 0 Å². The summed E-state index contributed by atoms with van der Waals surface area (Å²) in [6.45, 7) is 6.77. The third kappa shape index (κ3) is 4.72. The molecule has 1 N–H and O–H groups in total. The minimum atomic E-state index is 0.114. The number of rotatable bonds is 5. The van der Waals surface area contributed by atoms with Crippen molar-refractivity contribution in [2.24, 2.45) is 5.92 Å². The van der Waals surface area contributed by atoms with Crippen molar-refractivity contribution in [3.05, 3.63) is 0 Å². The fourth-order valence-electron chi connectivity index (χ4n) is 1.56. The number of hydrogen-bond acceptors (Lipinski definition) is 3. The number of hydrogen-bond donors (Lipinski definition) is 1. The van der Waals surface area contributed by atoms with Crippen molar-refractivity contribution in [3.63, 3.8) is 0 Å². The third-order valence-corrected chi connectivity index (χ3v) is 2.46. The molecule has 1 aliphatic rings. The van der Waals surface area contributed by atoms with Crippen LogP contribution in [0.3, 0.4) is 0 Å². The van der Waals surface area contributed by atoms with Gasteiger partial charge in [0.1, 0.15) is 5.78 Å². The standard InChI is InChI=1S/C11H21NO2/c1-9(2)3-4-10(13)7-11-8-12-5-6-14-11/h9,11-12H,3-8H2,1-2H3. The Morgan fingerprint density at radius 2 is 2.36 bits per heavy atom. The molecule has 0 aromatic rings. The molecule has 0 aromatic carbocycles. The summed E-state index contributed by atoms with van der Waals surface area (Å²) < 4.78 is 5.47. The zero-order valence-corrected chi connectivity index (χ0v) is 9.21. The zero-order valence-electron chi connectivity index (χ0n) is 9.21. The maximum absolute atomic E-state index is 11.5. The van der Waals surface area contributed by atoms with Crippen LogP contribution in [-0.2, 0) is 9.53 Å². The molecule has 0 aromatic heterocycles. The molecule has 0 amide bonds. The minimum absolute atomic E-state index is 0.114. The molecule has 1 unspecified atom stereocenters. The normalized spacial score (nSPS) is 22.6. The SMILES string of the molecule is CC(C)CCC(=O)CC1CNCCO1. The summed E-state index contributed by atoms with van der Waals surface area (Å²) in [5.41, 5.74) is 0. The van der Waals surface area contributed by atoms with Crippen LogP contribution in [0.4, 0.5) is 0 Å². The van der Waals surface area contributed by atoms with Gasteiger partial charge in [0.2, 0.25) is 0 Å². The van der Waals surface area contributed by atoms with Crippen LogP contribution in [0.2, 0.25) is 0 Å². The molecule has 0 bridgehead atoms. The number of morpholine rings is 1. The summed E-state index contributed by atoms with van der Waals surface area (Å²) in [7, 11) is 0. The number of nitrogens with one attached hydrogen (secondary N) is 1. The van der Waals surface area contributed by atoms with E-state index in [1.165, 1.54) is 0 Å². The summed E-state index contributed by atoms with van der Waals surface area (Å²) in [6, 6.07) is 0. The lowest BCUT2D eigenvalue weighted by Crippen LogP contribution is -2.39. The van der Waals surface area contributed by atoms with Crippen molar-refractivity contribution in [2.75, 3.05) is 19.7 Å². The molecular weight excluding hydrogens is 178 g/mol. The van der Waals surface area contributed by atoms with E-state index in [1.807, 2.05) is 0 Å². The van der Waals surface area contributed by atoms with Gasteiger partial charge in [-0.3, -0.25) is 4.79 Å². The smallest absolute Gasteiger partial charge is 0.135 e. The van der Waals surface area contributed by atoms with Gasteiger partial charge >= 0.3 is 0 Å². The van der Waals surface area contributed by atoms with Gasteiger partial charge in [0, 0.05) is 25.9 Å². The average molecular weight is 199 g/mol. The van der Waals surface area contributed by atoms with Gasteiger partial charge < -0.3 is 10.1 Å². The van der Waals surface area contributed by atoms with E-state index >= 15 is 0 Å². The second-order valence-corrected chi connectivity index (χ2v) is 4.37. The highest BCUT2D eigenvalue weighted by Crippen LogP contribution is 2.09. The first-order valence-corrected chi connectivity index (χ1v) is 5.52. The Bertz CT molecular complexity index is 174. The molecule has 3 heteroatoms. The van der Waals surface area contributed by atoms with E-state index in [-0.39, 0.29) is 6.10 Å². The molecule has 1 saturated heterocycles. The van der Waals surface area contributed by atoms with Gasteiger partial charge in [-0.1, -0.05) is 13.8 Å². The van der Waals surface area contributed by atoms with Crippen molar-refractivity contribution in [1.82, 2.24) is 5.32 Å². The van der Waals surface area contributed by atoms with E-state index in [4.69, 9.17) is 4.74 Å². The predicted octanol–water partition coefficient (Wildman–Crippen LogP) is 1.37. The van der Waals surface area contributed by atoms with Crippen molar-refractivity contribution >= 4 is 5.78 Å². The fourth-order valence-corrected chi connectivity index (χ4v) is 1.56. The van der Waals surface area contributed by atoms with Crippen molar-refractivity contribution < 1.29 is 9.53 Å². The highest BCUT2D eigenvalue weighted by atomic mass is 16.5. The largest absolute Gasteiger partial charge is 0.375 e. The highest BCUT2D eigenvalue weighted by Gasteiger charge is 2.16. The van der Waals surface area contributed by atoms with Crippen LogP contribution in [-0.4, -0.2) is 31.6 Å². The number of Topliss-reactive ketones (excluding diaryl/α,β-unsaturated/α-hetero) is 1. The van der Waals surface area contributed by atoms with Crippen molar-refractivity contribution in [2.45, 2.75) is 39.2 Å². The third-order valence-electron chi connectivity index (χ3n) is 2.46. The lowest BCUT2D eigenvalue weighted by molar-refractivity contribution is -0.122. The molecule has 0 radical (unpaired) electrons. The van der Waals surface area contributed by atoms with Crippen LogP contribution in [0, 0.1) is 5.92 Å². The van der Waals surface area contributed by atoms with E-state index in [9.17, 15) is 4.79 Å². The van der Waals surface area contributed by atoms with E-state index in [2.05, 4.69) is 19.2 Å². The van der Waals surface area contributed by atoms with Crippen LogP contribution in [0.5, 0.6) is 0 Å². The van der Waals surface area contributed by atoms with Gasteiger partial charge in [-0.2, -0.15) is 0 Å². The van der Waals surface area contributed by atoms with Gasteiger partial charge in [-0.25, -0.2) is 0 Å². The summed E-state index contributed by atoms with van der Waals surface area (Å²) in [4.78, 5) is 11.5. The first-order valence-electron chi connectivity index (χ1n) is 5.52. The van der Waals surface area contributed by atoms with Crippen molar-refractivity contribution in [1.29, 1.82) is 0 Å². The topological polar surface area (TPSA) is 38.3 Å². The van der Waals surface area contributed by atoms with E-state index < -0.39 is 0 Å². The van der Waals surface area contributed by atoms with Crippen LogP contribution < -0.4 is 5.32 Å². The molecule has 1 atom stereocenters. The molecule has 1 fully saturated rings. The summed E-state index contributed by atoms with van der Waals surface area (Å²) in [6.07, 6.45) is 2.40. The Kier molecular flexibility index (Phi) is 5.12. The van der Waals surface area contributed by atoms with Crippen molar-refractivity contribution in [3.8, 4) is 0 Å². The Morgan fingerprint density at radius 1 is 1.57 bits per heavy atom. The number of ether oxygens (including phenoxy) is 1. The minimum Gasteiger partial charge on any atom is -0.375 e. The molecule has 82 valence electrons. The molecule has 1 aliphatic heterocycles. The Morgan fingerprint density at radius 3 is 2.93 bits per heavy atom. The highest BCUT2D eigenvalue weighted by molar-refractivity contribution is 5.78. The first-order chi connectivity index (χ1) is 6.68. The molecule has 1 heterocycles. The lowest BCUT2D eigenvalue weighted by Gasteiger charge is -2.23. The summed E-state index contributed by atoms with van der Waals surface area (Å²) in [5, 5.41) is 3.23. The average Bonchev–Trinajstić information content (AvgIpc) is 2.16. The zero-order chi connectivity index (χ0) is 10.4. The molecule has 0 saturated carbocycles. The second kappa shape index (κ2) is 6.14. The van der Waals surface area contributed by atoms with Crippen LogP contribution in [0.25, 0.3) is 0 Å². The molecule has 14 heavy (non-hydrogen) atoms. The molecule has 0 aliphatic carbocycles. The number of ketones is 1. The Balaban J connectivity index is 2.12. The summed E-state index contributed by atoms with van der Waals surface area (Å²) in [5.74, 6) is 0.955. The second-order valence-electron chi connectivity index (χ2n) is 4.37. The number of carbonyl (C=O) groups is 1. The molecule has 0 spiro atoms. The number of carbonyl (C=O) groups excluding carboxylic acids is 1. The van der Waals surface area contributed by atoms with Crippen LogP contribution in [0.1, 0.15) is 33.1 Å². The van der Waals surface area contributed by atoms with Gasteiger partial charge in [0.05, 0.1) is 12.7 Å². The van der Waals surface area contributed by atoms with Gasteiger partial charge in [0.15, 0.2) is 0 Å². The predicted molar refractivity (Wildman–Crippen MR) is 56.3 cm³/mol. The van der Waals surface area contributed by atoms with E-state index in [1.54, 1.807) is 0 Å². The van der Waals surface area contributed by atoms with Gasteiger partial charge in [0.25, 0.3) is 0 Å². The molecule has 3 nitrogen and oxygen atoms in total. The molecular formula is C11H21NO2. The maximum Gasteiger partial charge on any atom is 0.135 e. The van der Waals surface area contributed by atoms with Gasteiger partial charge in [-0.05, 0) is 12.3 Å². The lowest BCUT2D eigenvalue weighted by atomic mass is 10.0.